The van der Waals surface area contributed by atoms with Gasteiger partial charge in [-0.3, -0.25) is 4.79 Å². The first-order chi connectivity index (χ1) is 22.6. The van der Waals surface area contributed by atoms with Crippen molar-refractivity contribution in [3.8, 4) is 5.75 Å². The third-order valence-corrected chi connectivity index (χ3v) is 9.98. The number of fused-ring (bicyclic) bond motifs is 1. The Labute approximate surface area is 281 Å². The molecule has 5 amide bonds. The van der Waals surface area contributed by atoms with Crippen molar-refractivity contribution in [2.45, 2.75) is 135 Å². The van der Waals surface area contributed by atoms with Gasteiger partial charge in [-0.1, -0.05) is 45.4 Å². The lowest BCUT2D eigenvalue weighted by atomic mass is 9.96. The molecule has 4 atom stereocenters. The molecule has 3 aliphatic rings. The van der Waals surface area contributed by atoms with E-state index in [9.17, 15) is 19.5 Å². The molecular weight excluding hydrogens is 598 g/mol. The van der Waals surface area contributed by atoms with Crippen molar-refractivity contribution in [2.24, 2.45) is 5.92 Å². The average Bonchev–Trinajstić information content (AvgIpc) is 3.06. The molecule has 4 rings (SSSR count). The maximum Gasteiger partial charge on any atom is 0.319 e. The first-order valence-electron chi connectivity index (χ1n) is 18.1. The minimum absolute atomic E-state index is 0.101. The molecule has 0 unspecified atom stereocenters. The standard InChI is InChI=1S/C36H59N5O6/c1-25-22-41(26(2)24-42)34(43)31-21-30(38-35(44)37-28-14-7-5-8-15-28)18-19-32(31)47-27(3)13-11-12-20-46-33(25)23-40(4)36(45)39-29-16-9-6-10-17-29/h18-19,21,25-29,33,42H,5-17,20,22-24H2,1-4H3,(H,39,45)(H2,37,38,44)/t25-,26-,27+,33+/m0/s1. The summed E-state index contributed by atoms with van der Waals surface area (Å²) >= 11 is 0. The van der Waals surface area contributed by atoms with Gasteiger partial charge in [0.2, 0.25) is 0 Å². The van der Waals surface area contributed by atoms with E-state index >= 15 is 0 Å². The molecule has 2 aliphatic carbocycles. The number of carbonyl (C=O) groups excluding carboxylic acids is 3. The molecule has 1 aliphatic heterocycles. The van der Waals surface area contributed by atoms with Crippen LogP contribution >= 0.6 is 0 Å². The minimum atomic E-state index is -0.484. The van der Waals surface area contributed by atoms with Gasteiger partial charge in [0.25, 0.3) is 5.91 Å². The third kappa shape index (κ3) is 11.3. The zero-order valence-electron chi connectivity index (χ0n) is 29.1. The highest BCUT2D eigenvalue weighted by atomic mass is 16.5. The van der Waals surface area contributed by atoms with Crippen molar-refractivity contribution in [2.75, 3.05) is 38.7 Å². The molecule has 1 aromatic rings. The molecule has 11 nitrogen and oxygen atoms in total. The second-order valence-corrected chi connectivity index (χ2v) is 14.1. The maximum absolute atomic E-state index is 14.4. The van der Waals surface area contributed by atoms with Gasteiger partial charge in [-0.05, 0) is 77.0 Å². The average molecular weight is 658 g/mol. The first-order valence-corrected chi connectivity index (χ1v) is 18.1. The van der Waals surface area contributed by atoms with Crippen LogP contribution in [0.4, 0.5) is 15.3 Å². The van der Waals surface area contributed by atoms with E-state index in [0.717, 1.165) is 70.6 Å². The zero-order valence-corrected chi connectivity index (χ0v) is 29.1. The fourth-order valence-electron chi connectivity index (χ4n) is 6.95. The van der Waals surface area contributed by atoms with E-state index in [0.29, 0.717) is 36.7 Å². The van der Waals surface area contributed by atoms with Gasteiger partial charge in [-0.2, -0.15) is 0 Å². The van der Waals surface area contributed by atoms with Crippen LogP contribution in [0.25, 0.3) is 0 Å². The Morgan fingerprint density at radius 3 is 2.26 bits per heavy atom. The molecule has 2 saturated carbocycles. The summed E-state index contributed by atoms with van der Waals surface area (Å²) in [6.07, 6.45) is 12.9. The van der Waals surface area contributed by atoms with Gasteiger partial charge < -0.3 is 40.3 Å². The number of ether oxygens (including phenoxy) is 2. The predicted octanol–water partition coefficient (Wildman–Crippen LogP) is 5.91. The van der Waals surface area contributed by atoms with Crippen LogP contribution in [0.2, 0.25) is 0 Å². The van der Waals surface area contributed by atoms with Gasteiger partial charge in [0.1, 0.15) is 5.75 Å². The molecule has 264 valence electrons. The smallest absolute Gasteiger partial charge is 0.319 e. The summed E-state index contributed by atoms with van der Waals surface area (Å²) < 4.78 is 12.7. The van der Waals surface area contributed by atoms with Crippen LogP contribution in [0.15, 0.2) is 18.2 Å². The Morgan fingerprint density at radius 2 is 1.60 bits per heavy atom. The van der Waals surface area contributed by atoms with Crippen molar-refractivity contribution in [1.29, 1.82) is 0 Å². The van der Waals surface area contributed by atoms with Gasteiger partial charge in [-0.25, -0.2) is 9.59 Å². The largest absolute Gasteiger partial charge is 0.490 e. The normalized spacial score (nSPS) is 24.7. The Hall–Kier alpha value is -3.05. The molecule has 47 heavy (non-hydrogen) atoms. The molecule has 0 spiro atoms. The first kappa shape index (κ1) is 36.8. The monoisotopic (exact) mass is 657 g/mol. The summed E-state index contributed by atoms with van der Waals surface area (Å²) in [5, 5.41) is 19.4. The fraction of sp³-hybridized carbons (Fsp3) is 0.750. The maximum atomic E-state index is 14.4. The van der Waals surface area contributed by atoms with E-state index in [1.54, 1.807) is 35.0 Å². The SMILES string of the molecule is C[C@@H]1CCCCO[C@H](CN(C)C(=O)NC2CCCCC2)[C@@H](C)CN([C@@H](C)CO)C(=O)c2cc(NC(=O)NC3CCCCC3)ccc2O1. The number of aliphatic hydroxyl groups excluding tert-OH is 1. The number of urea groups is 2. The summed E-state index contributed by atoms with van der Waals surface area (Å²) in [4.78, 5) is 43.7. The van der Waals surface area contributed by atoms with Gasteiger partial charge in [0, 0.05) is 50.4 Å². The fourth-order valence-corrected chi connectivity index (χ4v) is 6.95. The van der Waals surface area contributed by atoms with Crippen LogP contribution in [0.5, 0.6) is 5.75 Å². The molecule has 0 bridgehead atoms. The number of benzene rings is 1. The summed E-state index contributed by atoms with van der Waals surface area (Å²) in [6, 6.07) is 4.69. The Bertz CT molecular complexity index is 1150. The number of rotatable bonds is 7. The highest BCUT2D eigenvalue weighted by Gasteiger charge is 2.31. The summed E-state index contributed by atoms with van der Waals surface area (Å²) in [7, 11) is 1.80. The van der Waals surface area contributed by atoms with E-state index in [1.807, 2.05) is 20.8 Å². The van der Waals surface area contributed by atoms with Crippen molar-refractivity contribution in [3.05, 3.63) is 23.8 Å². The Kier molecular flexibility index (Phi) is 14.5. The number of nitrogens with zero attached hydrogens (tertiary/aromatic N) is 2. The van der Waals surface area contributed by atoms with Crippen molar-refractivity contribution < 1.29 is 29.0 Å². The Balaban J connectivity index is 1.54. The topological polar surface area (TPSA) is 132 Å². The quantitative estimate of drug-likeness (QED) is 0.288. The molecule has 4 N–H and O–H groups in total. The number of hydrogen-bond acceptors (Lipinski definition) is 6. The highest BCUT2D eigenvalue weighted by molar-refractivity contribution is 5.99. The molecule has 2 fully saturated rings. The van der Waals surface area contributed by atoms with Crippen LogP contribution in [-0.2, 0) is 4.74 Å². The molecule has 11 heteroatoms. The Morgan fingerprint density at radius 1 is 0.957 bits per heavy atom. The number of anilines is 1. The van der Waals surface area contributed by atoms with Gasteiger partial charge in [-0.15, -0.1) is 0 Å². The van der Waals surface area contributed by atoms with Crippen LogP contribution in [0, 0.1) is 5.92 Å². The lowest BCUT2D eigenvalue weighted by Gasteiger charge is -2.36. The molecular formula is C36H59N5O6. The minimum Gasteiger partial charge on any atom is -0.490 e. The lowest BCUT2D eigenvalue weighted by Crippen LogP contribution is -2.50. The molecule has 0 aromatic heterocycles. The van der Waals surface area contributed by atoms with E-state index < -0.39 is 6.04 Å². The summed E-state index contributed by atoms with van der Waals surface area (Å²) in [5.74, 6) is 0.00958. The summed E-state index contributed by atoms with van der Waals surface area (Å²) in [5.41, 5.74) is 0.831. The van der Waals surface area contributed by atoms with Crippen LogP contribution in [0.1, 0.15) is 115 Å². The lowest BCUT2D eigenvalue weighted by molar-refractivity contribution is -0.0123. The molecule has 1 heterocycles. The molecule has 0 radical (unpaired) electrons. The number of likely N-dealkylation sites (N-methyl/N-ethyl adjacent to an activating group) is 1. The van der Waals surface area contributed by atoms with E-state index in [2.05, 4.69) is 16.0 Å². The zero-order chi connectivity index (χ0) is 33.8. The number of nitrogens with one attached hydrogen (secondary N) is 3. The van der Waals surface area contributed by atoms with Gasteiger partial charge >= 0.3 is 12.1 Å². The van der Waals surface area contributed by atoms with E-state index in [4.69, 9.17) is 9.47 Å². The predicted molar refractivity (Wildman–Crippen MR) is 184 cm³/mol. The van der Waals surface area contributed by atoms with E-state index in [1.165, 1.54) is 12.8 Å². The number of carbonyl (C=O) groups is 3. The van der Waals surface area contributed by atoms with Crippen molar-refractivity contribution in [1.82, 2.24) is 20.4 Å². The van der Waals surface area contributed by atoms with Crippen LogP contribution < -0.4 is 20.7 Å². The molecule has 0 saturated heterocycles. The van der Waals surface area contributed by atoms with Crippen LogP contribution in [-0.4, -0.2) is 96.6 Å². The number of aliphatic hydroxyl groups is 1. The third-order valence-electron chi connectivity index (χ3n) is 9.98. The second-order valence-electron chi connectivity index (χ2n) is 14.1. The van der Waals surface area contributed by atoms with Crippen LogP contribution in [0.3, 0.4) is 0 Å². The molecule has 1 aromatic carbocycles. The van der Waals surface area contributed by atoms with Crippen molar-refractivity contribution >= 4 is 23.7 Å². The van der Waals surface area contributed by atoms with Gasteiger partial charge in [0.05, 0.1) is 30.4 Å². The summed E-state index contributed by atoms with van der Waals surface area (Å²) in [6.45, 7) is 6.84. The second kappa shape index (κ2) is 18.5. The van der Waals surface area contributed by atoms with Gasteiger partial charge in [0.15, 0.2) is 0 Å². The highest BCUT2D eigenvalue weighted by Crippen LogP contribution is 2.29. The van der Waals surface area contributed by atoms with E-state index in [-0.39, 0.29) is 54.8 Å². The number of amides is 5. The van der Waals surface area contributed by atoms with Crippen molar-refractivity contribution in [3.63, 3.8) is 0 Å². The number of hydrogen-bond donors (Lipinski definition) is 4.